The summed E-state index contributed by atoms with van der Waals surface area (Å²) in [4.78, 5) is 24.5. The predicted molar refractivity (Wildman–Crippen MR) is 133 cm³/mol. The van der Waals surface area contributed by atoms with Crippen LogP contribution in [0.2, 0.25) is 0 Å². The second-order valence-electron chi connectivity index (χ2n) is 8.49. The van der Waals surface area contributed by atoms with E-state index in [1.54, 1.807) is 24.3 Å². The fourth-order valence-electron chi connectivity index (χ4n) is 3.87. The number of unbranched alkanes of at least 4 members (excludes halogenated alkanes) is 9. The largest absolute Gasteiger partial charge is 0.506 e. The first-order valence-corrected chi connectivity index (χ1v) is 12.5. The number of amides is 1. The number of phenols is 1. The SMILES string of the molecule is CCCCCCCCCCCCNC(=O)c1cc(OCC(=O)OCCO)c2ccccc2c1O. The van der Waals surface area contributed by atoms with Gasteiger partial charge in [-0.3, -0.25) is 4.79 Å². The zero-order valence-electron chi connectivity index (χ0n) is 20.3. The number of nitrogens with one attached hydrogen (secondary N) is 1. The molecule has 0 saturated carbocycles. The van der Waals surface area contributed by atoms with E-state index in [-0.39, 0.29) is 37.0 Å². The van der Waals surface area contributed by atoms with Gasteiger partial charge in [0.2, 0.25) is 0 Å². The molecule has 3 N–H and O–H groups in total. The highest BCUT2D eigenvalue weighted by atomic mass is 16.6. The Morgan fingerprint density at radius 1 is 0.912 bits per heavy atom. The molecule has 0 saturated heterocycles. The number of phenolic OH excluding ortho intramolecular Hbond substituents is 1. The smallest absolute Gasteiger partial charge is 0.344 e. The lowest BCUT2D eigenvalue weighted by Crippen LogP contribution is -2.24. The quantitative estimate of drug-likeness (QED) is 0.218. The van der Waals surface area contributed by atoms with Crippen LogP contribution in [0.1, 0.15) is 81.5 Å². The molecule has 0 heterocycles. The summed E-state index contributed by atoms with van der Waals surface area (Å²) >= 11 is 0. The van der Waals surface area contributed by atoms with Gasteiger partial charge in [-0.25, -0.2) is 4.79 Å². The molecule has 0 bridgehead atoms. The zero-order chi connectivity index (χ0) is 24.6. The Bertz CT molecular complexity index is 898. The van der Waals surface area contributed by atoms with Crippen molar-refractivity contribution in [2.75, 3.05) is 26.4 Å². The first-order valence-electron chi connectivity index (χ1n) is 12.5. The number of carbonyl (C=O) groups is 2. The van der Waals surface area contributed by atoms with E-state index in [4.69, 9.17) is 14.6 Å². The molecule has 2 aromatic carbocycles. The van der Waals surface area contributed by atoms with Gasteiger partial charge < -0.3 is 25.0 Å². The topological polar surface area (TPSA) is 105 Å². The van der Waals surface area contributed by atoms with Gasteiger partial charge in [-0.1, -0.05) is 89.0 Å². The third kappa shape index (κ3) is 9.21. The van der Waals surface area contributed by atoms with Crippen LogP contribution in [0.25, 0.3) is 10.8 Å². The number of fused-ring (bicyclic) bond motifs is 1. The van der Waals surface area contributed by atoms with E-state index in [1.165, 1.54) is 51.0 Å². The summed E-state index contributed by atoms with van der Waals surface area (Å²) in [5.74, 6) is -0.824. The Hall–Kier alpha value is -2.80. The van der Waals surface area contributed by atoms with Gasteiger partial charge in [0, 0.05) is 17.3 Å². The molecule has 7 nitrogen and oxygen atoms in total. The standard InChI is InChI=1S/C27H39NO6/c1-2-3-4-5-6-7-8-9-10-13-16-28-27(32)23-19-24(34-20-25(30)33-18-17-29)21-14-11-12-15-22(21)26(23)31/h11-12,14-15,19,29,31H,2-10,13,16-18,20H2,1H3,(H,28,32). The fourth-order valence-corrected chi connectivity index (χ4v) is 3.87. The molecule has 7 heteroatoms. The maximum atomic E-state index is 12.8. The van der Waals surface area contributed by atoms with Crippen molar-refractivity contribution in [2.45, 2.75) is 71.1 Å². The lowest BCUT2D eigenvalue weighted by atomic mass is 10.0. The van der Waals surface area contributed by atoms with Gasteiger partial charge in [-0.15, -0.1) is 0 Å². The molecule has 188 valence electrons. The minimum absolute atomic E-state index is 0.101. The van der Waals surface area contributed by atoms with Crippen LogP contribution in [0.3, 0.4) is 0 Å². The van der Waals surface area contributed by atoms with Gasteiger partial charge in [-0.2, -0.15) is 0 Å². The van der Waals surface area contributed by atoms with Crippen LogP contribution < -0.4 is 10.1 Å². The minimum atomic E-state index is -0.627. The number of benzene rings is 2. The summed E-state index contributed by atoms with van der Waals surface area (Å²) in [5, 5.41) is 23.4. The second-order valence-corrected chi connectivity index (χ2v) is 8.49. The van der Waals surface area contributed by atoms with Crippen molar-refractivity contribution < 1.29 is 29.3 Å². The first kappa shape index (κ1) is 27.4. The van der Waals surface area contributed by atoms with Gasteiger partial charge in [0.25, 0.3) is 5.91 Å². The van der Waals surface area contributed by atoms with Crippen LogP contribution >= 0.6 is 0 Å². The second kappa shape index (κ2) is 15.9. The summed E-state index contributed by atoms with van der Waals surface area (Å²) in [6.07, 6.45) is 12.2. The number of ether oxygens (including phenoxy) is 2. The van der Waals surface area contributed by atoms with E-state index in [9.17, 15) is 14.7 Å². The van der Waals surface area contributed by atoms with E-state index in [2.05, 4.69) is 12.2 Å². The lowest BCUT2D eigenvalue weighted by Gasteiger charge is -2.14. The first-order chi connectivity index (χ1) is 16.6. The van der Waals surface area contributed by atoms with Crippen molar-refractivity contribution in [1.29, 1.82) is 0 Å². The summed E-state index contributed by atoms with van der Waals surface area (Å²) in [7, 11) is 0. The van der Waals surface area contributed by atoms with E-state index in [1.807, 2.05) is 0 Å². The van der Waals surface area contributed by atoms with E-state index in [0.29, 0.717) is 23.1 Å². The highest BCUT2D eigenvalue weighted by molar-refractivity contribution is 6.05. The van der Waals surface area contributed by atoms with Crippen molar-refractivity contribution in [3.8, 4) is 11.5 Å². The summed E-state index contributed by atoms with van der Waals surface area (Å²) in [6.45, 7) is 2.02. The molecule has 34 heavy (non-hydrogen) atoms. The number of hydrogen-bond donors (Lipinski definition) is 3. The molecular formula is C27H39NO6. The van der Waals surface area contributed by atoms with Crippen molar-refractivity contribution >= 4 is 22.6 Å². The van der Waals surface area contributed by atoms with E-state index in [0.717, 1.165) is 19.3 Å². The van der Waals surface area contributed by atoms with Crippen LogP contribution in [-0.2, 0) is 9.53 Å². The summed E-state index contributed by atoms with van der Waals surface area (Å²) in [5.41, 5.74) is 0.101. The molecule has 0 unspecified atom stereocenters. The predicted octanol–water partition coefficient (Wildman–Crippen LogP) is 5.11. The average molecular weight is 474 g/mol. The Morgan fingerprint density at radius 3 is 2.18 bits per heavy atom. The summed E-state index contributed by atoms with van der Waals surface area (Å²) < 4.78 is 10.4. The Labute approximate surface area is 202 Å². The molecule has 0 spiro atoms. The van der Waals surface area contributed by atoms with Crippen LogP contribution in [0.4, 0.5) is 0 Å². The van der Waals surface area contributed by atoms with Crippen molar-refractivity contribution in [3.63, 3.8) is 0 Å². The Kier molecular flexibility index (Phi) is 12.9. The van der Waals surface area contributed by atoms with Gasteiger partial charge in [-0.05, 0) is 12.5 Å². The molecule has 1 amide bonds. The van der Waals surface area contributed by atoms with Gasteiger partial charge in [0.1, 0.15) is 18.1 Å². The van der Waals surface area contributed by atoms with Crippen molar-refractivity contribution in [1.82, 2.24) is 5.32 Å². The van der Waals surface area contributed by atoms with Crippen LogP contribution in [0, 0.1) is 0 Å². The number of carbonyl (C=O) groups excluding carboxylic acids is 2. The number of aromatic hydroxyl groups is 1. The molecule has 0 fully saturated rings. The Balaban J connectivity index is 1.86. The van der Waals surface area contributed by atoms with Crippen LogP contribution in [0.5, 0.6) is 11.5 Å². The number of esters is 1. The number of hydrogen-bond acceptors (Lipinski definition) is 6. The number of aliphatic hydroxyl groups excluding tert-OH is 1. The molecule has 0 aliphatic rings. The van der Waals surface area contributed by atoms with Crippen molar-refractivity contribution in [3.05, 3.63) is 35.9 Å². The normalized spacial score (nSPS) is 10.9. The third-order valence-electron chi connectivity index (χ3n) is 5.74. The molecule has 0 aromatic heterocycles. The Morgan fingerprint density at radius 2 is 1.53 bits per heavy atom. The fraction of sp³-hybridized carbons (Fsp3) is 0.556. The number of rotatable bonds is 17. The molecule has 0 atom stereocenters. The highest BCUT2D eigenvalue weighted by Gasteiger charge is 2.18. The maximum Gasteiger partial charge on any atom is 0.344 e. The molecule has 0 radical (unpaired) electrons. The average Bonchev–Trinajstić information content (AvgIpc) is 2.85. The number of aliphatic hydroxyl groups is 1. The van der Waals surface area contributed by atoms with Crippen LogP contribution in [0.15, 0.2) is 30.3 Å². The molecule has 2 rings (SSSR count). The molecule has 0 aliphatic heterocycles. The zero-order valence-corrected chi connectivity index (χ0v) is 20.3. The molecular weight excluding hydrogens is 434 g/mol. The lowest BCUT2D eigenvalue weighted by molar-refractivity contribution is -0.146. The maximum absolute atomic E-state index is 12.8. The van der Waals surface area contributed by atoms with Gasteiger partial charge >= 0.3 is 5.97 Å². The van der Waals surface area contributed by atoms with E-state index < -0.39 is 5.97 Å². The van der Waals surface area contributed by atoms with Gasteiger partial charge in [0.05, 0.1) is 12.2 Å². The summed E-state index contributed by atoms with van der Waals surface area (Å²) in [6, 6.07) is 8.43. The molecule has 0 aliphatic carbocycles. The van der Waals surface area contributed by atoms with Crippen molar-refractivity contribution in [2.24, 2.45) is 0 Å². The monoisotopic (exact) mass is 473 g/mol. The van der Waals surface area contributed by atoms with Gasteiger partial charge in [0.15, 0.2) is 6.61 Å². The minimum Gasteiger partial charge on any atom is -0.506 e. The highest BCUT2D eigenvalue weighted by Crippen LogP contribution is 2.36. The van der Waals surface area contributed by atoms with E-state index >= 15 is 0 Å². The molecule has 2 aromatic rings. The van der Waals surface area contributed by atoms with Crippen LogP contribution in [-0.4, -0.2) is 48.5 Å². The third-order valence-corrected chi connectivity index (χ3v) is 5.74.